The fraction of sp³-hybridized carbons (Fsp3) is 0. The molecular weight excluding hydrogens is 76.0 g/mol. The molecule has 0 bridgehead atoms. The van der Waals surface area contributed by atoms with E-state index in [0.717, 1.165) is 0 Å². The van der Waals surface area contributed by atoms with Gasteiger partial charge in [-0.3, -0.25) is 0 Å². The van der Waals surface area contributed by atoms with Gasteiger partial charge < -0.3 is 0 Å². The summed E-state index contributed by atoms with van der Waals surface area (Å²) in [5.74, 6) is 0. The predicted octanol–water partition coefficient (Wildman–Crippen LogP) is -1.69. The van der Waals surface area contributed by atoms with Gasteiger partial charge in [-0.25, -0.2) is 5.26 Å². The van der Waals surface area contributed by atoms with Crippen molar-refractivity contribution in [3.63, 3.8) is 0 Å². The van der Waals surface area contributed by atoms with Crippen LogP contribution in [0.4, 0.5) is 0 Å². The van der Waals surface area contributed by atoms with Gasteiger partial charge in [0.25, 0.3) is 0 Å². The Morgan fingerprint density at radius 3 is 1.25 bits per heavy atom. The first-order valence-corrected chi connectivity index (χ1v) is 0.258. The number of rotatable bonds is 0. The van der Waals surface area contributed by atoms with E-state index in [1.807, 2.05) is 0 Å². The zero-order valence-electron chi connectivity index (χ0n) is 1.02. The van der Waals surface area contributed by atoms with Gasteiger partial charge in [0, 0.05) is 6.57 Å². The standard InChI is InChI=1S/CHN.Al.Na.4H/c1-2;;;;;;/h1H;;;;;;. The first-order chi connectivity index (χ1) is 1.00. The van der Waals surface area contributed by atoms with E-state index < -0.39 is 0 Å². The van der Waals surface area contributed by atoms with Gasteiger partial charge in [0.15, 0.2) is 17.4 Å². The third kappa shape index (κ3) is 11.8. The van der Waals surface area contributed by atoms with Crippen LogP contribution in [0.2, 0.25) is 0 Å². The molecule has 18 valence electrons. The number of hydrogen-bond donors (Lipinski definition) is 0. The summed E-state index contributed by atoms with van der Waals surface area (Å²) in [5, 5.41) is 6.50. The molecule has 0 unspecified atom stereocenters. The average Bonchev–Trinajstić information content (AvgIpc) is 1.00. The van der Waals surface area contributed by atoms with Gasteiger partial charge in [0.05, 0.1) is 0 Å². The van der Waals surface area contributed by atoms with Crippen LogP contribution in [0.5, 0.6) is 0 Å². The minimum absolute atomic E-state index is 0. The van der Waals surface area contributed by atoms with E-state index in [-0.39, 0.29) is 46.9 Å². The average molecular weight is 81.0 g/mol. The van der Waals surface area contributed by atoms with Crippen LogP contribution in [0, 0.1) is 11.8 Å². The Morgan fingerprint density at radius 2 is 1.25 bits per heavy atom. The monoisotopic (exact) mass is 81.0 g/mol. The summed E-state index contributed by atoms with van der Waals surface area (Å²) in [6, 6.07) is 0. The molecule has 0 spiro atoms. The fourth-order valence-corrected chi connectivity index (χ4v) is 0. The van der Waals surface area contributed by atoms with E-state index >= 15 is 0 Å². The Bertz CT molecular complexity index is 12.8. The summed E-state index contributed by atoms with van der Waals surface area (Å²) in [7, 11) is 0. The molecule has 0 fully saturated rings. The van der Waals surface area contributed by atoms with Crippen molar-refractivity contribution in [3.8, 4) is 6.57 Å². The number of nitrogens with zero attached hydrogens (tertiary/aromatic N) is 1. The molecule has 0 heterocycles. The molecule has 0 aliphatic carbocycles. The third-order valence-electron chi connectivity index (χ3n) is 0. The molecule has 3 heteroatoms. The van der Waals surface area contributed by atoms with Crippen molar-refractivity contribution >= 4 is 46.9 Å². The Hall–Kier alpha value is 1.02. The van der Waals surface area contributed by atoms with Crippen LogP contribution in [0.15, 0.2) is 0 Å². The first kappa shape index (κ1) is 19.9. The van der Waals surface area contributed by atoms with Crippen molar-refractivity contribution in [3.05, 3.63) is 0 Å². The normalized spacial score (nSPS) is 0.500. The Kier molecular flexibility index (Phi) is 175. The maximum atomic E-state index is 6.50. The summed E-state index contributed by atoms with van der Waals surface area (Å²) in [4.78, 5) is 0. The van der Waals surface area contributed by atoms with Crippen molar-refractivity contribution in [2.45, 2.75) is 0 Å². The molecule has 0 atom stereocenters. The van der Waals surface area contributed by atoms with Crippen LogP contribution in [0.25, 0.3) is 0 Å². The summed E-state index contributed by atoms with van der Waals surface area (Å²) >= 11 is 0. The summed E-state index contributed by atoms with van der Waals surface area (Å²) in [6.45, 7) is 3.50. The molecule has 4 heavy (non-hydrogen) atoms. The molecule has 0 saturated carbocycles. The van der Waals surface area contributed by atoms with Crippen molar-refractivity contribution in [1.82, 2.24) is 0 Å². The molecule has 1 nitrogen and oxygen atoms in total. The van der Waals surface area contributed by atoms with Crippen molar-refractivity contribution < 1.29 is 0 Å². The summed E-state index contributed by atoms with van der Waals surface area (Å²) < 4.78 is 0. The fourth-order valence-electron chi connectivity index (χ4n) is 0. The van der Waals surface area contributed by atoms with Crippen LogP contribution in [0.1, 0.15) is 0 Å². The van der Waals surface area contributed by atoms with E-state index in [4.69, 9.17) is 5.26 Å². The van der Waals surface area contributed by atoms with Crippen LogP contribution in [-0.4, -0.2) is 46.9 Å². The van der Waals surface area contributed by atoms with Crippen molar-refractivity contribution in [2.24, 2.45) is 0 Å². The van der Waals surface area contributed by atoms with Gasteiger partial charge in [-0.1, -0.05) is 0 Å². The maximum absolute atomic E-state index is 6.50. The second-order valence-electron chi connectivity index (χ2n) is 0. The quantitative estimate of drug-likeness (QED) is 0.319. The second-order valence-corrected chi connectivity index (χ2v) is 0. The SMILES string of the molecule is C#N.[AlH3].[NaH]. The van der Waals surface area contributed by atoms with Gasteiger partial charge in [-0.05, 0) is 0 Å². The molecule has 0 aromatic heterocycles. The van der Waals surface area contributed by atoms with Crippen LogP contribution < -0.4 is 0 Å². The molecule has 0 amide bonds. The first-order valence-electron chi connectivity index (χ1n) is 0.258. The van der Waals surface area contributed by atoms with Gasteiger partial charge in [0.1, 0.15) is 0 Å². The van der Waals surface area contributed by atoms with E-state index in [0.29, 0.717) is 0 Å². The van der Waals surface area contributed by atoms with E-state index in [2.05, 4.69) is 6.57 Å². The van der Waals surface area contributed by atoms with E-state index in [1.165, 1.54) is 0 Å². The molecule has 0 saturated heterocycles. The number of hydrogen-bond acceptors (Lipinski definition) is 1. The van der Waals surface area contributed by atoms with Crippen molar-refractivity contribution in [2.75, 3.05) is 0 Å². The molecular formula is CH5AlNNa. The topological polar surface area (TPSA) is 23.8 Å². The Morgan fingerprint density at radius 1 is 1.25 bits per heavy atom. The van der Waals surface area contributed by atoms with Crippen molar-refractivity contribution in [1.29, 1.82) is 5.26 Å². The zero-order chi connectivity index (χ0) is 2.00. The second kappa shape index (κ2) is 35.1. The van der Waals surface area contributed by atoms with Crippen LogP contribution >= 0.6 is 0 Å². The number of nitriles is 1. The van der Waals surface area contributed by atoms with Gasteiger partial charge in [-0.15, -0.1) is 0 Å². The molecule has 0 aromatic carbocycles. The van der Waals surface area contributed by atoms with Crippen LogP contribution in [0.3, 0.4) is 0 Å². The van der Waals surface area contributed by atoms with Gasteiger partial charge in [0.2, 0.25) is 0 Å². The summed E-state index contributed by atoms with van der Waals surface area (Å²) in [5.41, 5.74) is 0. The van der Waals surface area contributed by atoms with Gasteiger partial charge in [-0.2, -0.15) is 0 Å². The molecule has 0 aromatic rings. The minimum atomic E-state index is 0. The Balaban J connectivity index is -0.00000000500. The molecule has 0 N–H and O–H groups in total. The molecule has 0 aliphatic heterocycles. The molecule has 0 aliphatic rings. The third-order valence-corrected chi connectivity index (χ3v) is 0. The van der Waals surface area contributed by atoms with Crippen LogP contribution in [-0.2, 0) is 0 Å². The Labute approximate surface area is 58.4 Å². The summed E-state index contributed by atoms with van der Waals surface area (Å²) in [6.07, 6.45) is 0. The van der Waals surface area contributed by atoms with E-state index in [9.17, 15) is 0 Å². The molecule has 0 rings (SSSR count). The van der Waals surface area contributed by atoms with E-state index in [1.54, 1.807) is 0 Å². The zero-order valence-corrected chi connectivity index (χ0v) is 1.02. The predicted molar refractivity (Wildman–Crippen MR) is 23.8 cm³/mol. The van der Waals surface area contributed by atoms with Gasteiger partial charge >= 0.3 is 29.6 Å². The molecule has 0 radical (unpaired) electrons.